The fourth-order valence-electron chi connectivity index (χ4n) is 1.24. The summed E-state index contributed by atoms with van der Waals surface area (Å²) in [6.07, 6.45) is 1.54. The van der Waals surface area contributed by atoms with Crippen LogP contribution >= 0.6 is 22.7 Å². The summed E-state index contributed by atoms with van der Waals surface area (Å²) in [6.45, 7) is 1.79. The minimum Gasteiger partial charge on any atom is -0.477 e. The highest BCUT2D eigenvalue weighted by Crippen LogP contribution is 2.26. The highest BCUT2D eigenvalue weighted by Gasteiger charge is 2.24. The molecule has 9 heteroatoms. The fraction of sp³-hybridized carbons (Fsp3) is 0.111. The molecule has 2 aromatic rings. The van der Waals surface area contributed by atoms with Crippen molar-refractivity contribution in [3.8, 4) is 0 Å². The number of anilines is 1. The van der Waals surface area contributed by atoms with E-state index in [1.807, 2.05) is 0 Å². The summed E-state index contributed by atoms with van der Waals surface area (Å²) in [6, 6.07) is 1.26. The van der Waals surface area contributed by atoms with Crippen molar-refractivity contribution in [2.24, 2.45) is 0 Å². The molecule has 2 aromatic heterocycles. The van der Waals surface area contributed by atoms with Gasteiger partial charge in [-0.15, -0.1) is 22.7 Å². The average molecular weight is 304 g/mol. The molecular weight excluding hydrogens is 296 g/mol. The number of carboxylic acid groups (broad SMARTS) is 1. The lowest BCUT2D eigenvalue weighted by Gasteiger charge is -2.03. The fourth-order valence-corrected chi connectivity index (χ4v) is 4.40. The van der Waals surface area contributed by atoms with Crippen molar-refractivity contribution in [3.63, 3.8) is 0 Å². The van der Waals surface area contributed by atoms with Gasteiger partial charge in [-0.2, -0.15) is 0 Å². The van der Waals surface area contributed by atoms with Gasteiger partial charge in [-0.25, -0.2) is 18.2 Å². The lowest BCUT2D eigenvalue weighted by Crippen LogP contribution is -2.14. The number of aromatic nitrogens is 1. The van der Waals surface area contributed by atoms with E-state index < -0.39 is 16.0 Å². The number of thiazole rings is 1. The van der Waals surface area contributed by atoms with E-state index in [1.165, 1.54) is 29.0 Å². The van der Waals surface area contributed by atoms with Crippen molar-refractivity contribution in [2.75, 3.05) is 4.72 Å². The third-order valence-electron chi connectivity index (χ3n) is 1.96. The van der Waals surface area contributed by atoms with Gasteiger partial charge in [-0.05, 0) is 18.4 Å². The van der Waals surface area contributed by atoms with Gasteiger partial charge in [0.05, 0.1) is 0 Å². The molecular formula is C9H8N2O4S3. The molecule has 96 valence electrons. The molecule has 2 rings (SSSR count). The van der Waals surface area contributed by atoms with Crippen molar-refractivity contribution >= 4 is 43.8 Å². The number of aromatic carboxylic acids is 1. The Morgan fingerprint density at radius 1 is 1.50 bits per heavy atom. The second kappa shape index (κ2) is 4.67. The first-order chi connectivity index (χ1) is 8.40. The third kappa shape index (κ3) is 2.52. The van der Waals surface area contributed by atoms with E-state index in [9.17, 15) is 13.2 Å². The average Bonchev–Trinajstić information content (AvgIpc) is 2.86. The molecule has 0 aliphatic rings. The van der Waals surface area contributed by atoms with Gasteiger partial charge in [0.25, 0.3) is 10.0 Å². The molecule has 18 heavy (non-hydrogen) atoms. The molecule has 0 radical (unpaired) electrons. The van der Waals surface area contributed by atoms with Crippen LogP contribution in [0.15, 0.2) is 22.5 Å². The minimum absolute atomic E-state index is 0.212. The molecule has 2 heterocycles. The predicted molar refractivity (Wildman–Crippen MR) is 68.9 cm³/mol. The molecule has 0 saturated heterocycles. The highest BCUT2D eigenvalue weighted by atomic mass is 32.2. The lowest BCUT2D eigenvalue weighted by atomic mass is 10.5. The van der Waals surface area contributed by atoms with E-state index in [0.29, 0.717) is 0 Å². The van der Waals surface area contributed by atoms with Crippen molar-refractivity contribution in [1.29, 1.82) is 0 Å². The summed E-state index contributed by atoms with van der Waals surface area (Å²) in [5.41, 5.74) is 0. The number of nitrogens with zero attached hydrogens (tertiary/aromatic N) is 1. The molecule has 0 amide bonds. The maximum absolute atomic E-state index is 12.0. The Hall–Kier alpha value is -1.45. The smallest absolute Gasteiger partial charge is 0.347 e. The van der Waals surface area contributed by atoms with Crippen molar-refractivity contribution in [1.82, 2.24) is 4.98 Å². The monoisotopic (exact) mass is 304 g/mol. The van der Waals surface area contributed by atoms with Crippen LogP contribution in [0.2, 0.25) is 0 Å². The van der Waals surface area contributed by atoms with E-state index in [4.69, 9.17) is 5.11 Å². The second-order valence-corrected chi connectivity index (χ2v) is 7.10. The number of carboxylic acids is 1. The highest BCUT2D eigenvalue weighted by molar-refractivity contribution is 7.93. The van der Waals surface area contributed by atoms with Gasteiger partial charge in [0.1, 0.15) is 9.77 Å². The van der Waals surface area contributed by atoms with Crippen molar-refractivity contribution in [2.45, 2.75) is 11.8 Å². The molecule has 0 bridgehead atoms. The van der Waals surface area contributed by atoms with Crippen LogP contribution in [0, 0.1) is 6.92 Å². The van der Waals surface area contributed by atoms with Crippen LogP contribution < -0.4 is 4.72 Å². The number of rotatable bonds is 4. The number of carbonyl (C=O) groups is 1. The van der Waals surface area contributed by atoms with Gasteiger partial charge in [-0.3, -0.25) is 4.72 Å². The van der Waals surface area contributed by atoms with E-state index in [0.717, 1.165) is 16.2 Å². The normalized spacial score (nSPS) is 11.4. The van der Waals surface area contributed by atoms with Crippen LogP contribution in [-0.4, -0.2) is 24.5 Å². The number of aryl methyl sites for hydroxylation is 1. The van der Waals surface area contributed by atoms with E-state index >= 15 is 0 Å². The molecule has 0 aromatic carbocycles. The first-order valence-electron chi connectivity index (χ1n) is 4.66. The van der Waals surface area contributed by atoms with Crippen molar-refractivity contribution < 1.29 is 18.3 Å². The zero-order valence-corrected chi connectivity index (χ0v) is 11.5. The Morgan fingerprint density at radius 3 is 2.78 bits per heavy atom. The third-order valence-corrected chi connectivity index (χ3v) is 5.33. The maximum Gasteiger partial charge on any atom is 0.347 e. The van der Waals surface area contributed by atoms with Crippen LogP contribution in [0.3, 0.4) is 0 Å². The van der Waals surface area contributed by atoms with Gasteiger partial charge in [-0.1, -0.05) is 0 Å². The van der Waals surface area contributed by atoms with Crippen LogP contribution in [0.5, 0.6) is 0 Å². The standard InChI is InChI=1S/C9H8N2O4S3/c1-5-4-10-9(17-5)11-18(14,15)6-2-3-16-7(6)8(12)13/h2-4H,1H3,(H,10,11)(H,12,13). The lowest BCUT2D eigenvalue weighted by molar-refractivity contribution is 0.0698. The SMILES string of the molecule is Cc1cnc(NS(=O)(=O)c2ccsc2C(=O)O)s1. The Labute approximate surface area is 111 Å². The van der Waals surface area contributed by atoms with Crippen molar-refractivity contribution in [3.05, 3.63) is 27.4 Å². The van der Waals surface area contributed by atoms with E-state index in [1.54, 1.807) is 6.92 Å². The van der Waals surface area contributed by atoms with Crippen LogP contribution in [-0.2, 0) is 10.0 Å². The molecule has 0 fully saturated rings. The number of hydrogen-bond donors (Lipinski definition) is 2. The Kier molecular flexibility index (Phi) is 3.37. The van der Waals surface area contributed by atoms with E-state index in [-0.39, 0.29) is 14.9 Å². The summed E-state index contributed by atoms with van der Waals surface area (Å²) in [4.78, 5) is 15.2. The first-order valence-corrected chi connectivity index (χ1v) is 7.84. The molecule has 0 aliphatic carbocycles. The van der Waals surface area contributed by atoms with Gasteiger partial charge in [0, 0.05) is 11.1 Å². The second-order valence-electron chi connectivity index (χ2n) is 3.30. The molecule has 0 unspecified atom stereocenters. The molecule has 0 spiro atoms. The zero-order valence-electron chi connectivity index (χ0n) is 9.08. The molecule has 6 nitrogen and oxygen atoms in total. The molecule has 0 saturated carbocycles. The van der Waals surface area contributed by atoms with E-state index in [2.05, 4.69) is 9.71 Å². The van der Waals surface area contributed by atoms with Crippen LogP contribution in [0.25, 0.3) is 0 Å². The Bertz CT molecular complexity index is 686. The Morgan fingerprint density at radius 2 is 2.22 bits per heavy atom. The summed E-state index contributed by atoms with van der Waals surface area (Å²) in [7, 11) is -3.90. The minimum atomic E-state index is -3.90. The van der Waals surface area contributed by atoms with Gasteiger partial charge in [0.15, 0.2) is 5.13 Å². The van der Waals surface area contributed by atoms with Crippen LogP contribution in [0.4, 0.5) is 5.13 Å². The van der Waals surface area contributed by atoms with Gasteiger partial charge < -0.3 is 5.11 Å². The molecule has 2 N–H and O–H groups in total. The largest absolute Gasteiger partial charge is 0.477 e. The number of nitrogens with one attached hydrogen (secondary N) is 1. The van der Waals surface area contributed by atoms with Gasteiger partial charge >= 0.3 is 5.97 Å². The van der Waals surface area contributed by atoms with Crippen LogP contribution in [0.1, 0.15) is 14.5 Å². The quantitative estimate of drug-likeness (QED) is 0.900. The topological polar surface area (TPSA) is 96.4 Å². The number of sulfonamides is 1. The summed E-state index contributed by atoms with van der Waals surface area (Å²) >= 11 is 2.05. The Balaban J connectivity index is 2.37. The summed E-state index contributed by atoms with van der Waals surface area (Å²) in [5, 5.41) is 10.5. The predicted octanol–water partition coefficient (Wildman–Crippen LogP) is 2.01. The summed E-state index contributed by atoms with van der Waals surface area (Å²) in [5.74, 6) is -1.26. The van der Waals surface area contributed by atoms with Gasteiger partial charge in [0.2, 0.25) is 0 Å². The summed E-state index contributed by atoms with van der Waals surface area (Å²) < 4.78 is 26.3. The molecule has 0 atom stereocenters. The number of thiophene rings is 1. The maximum atomic E-state index is 12.0. The number of hydrogen-bond acceptors (Lipinski definition) is 6. The zero-order chi connectivity index (χ0) is 13.3. The molecule has 0 aliphatic heterocycles. The first kappa shape index (κ1) is 13.0.